The van der Waals surface area contributed by atoms with Crippen LogP contribution >= 0.6 is 11.6 Å². The van der Waals surface area contributed by atoms with Crippen molar-refractivity contribution >= 4 is 40.7 Å². The summed E-state index contributed by atoms with van der Waals surface area (Å²) in [6, 6.07) is 9.67. The van der Waals surface area contributed by atoms with Gasteiger partial charge in [0.2, 0.25) is 0 Å². The van der Waals surface area contributed by atoms with Gasteiger partial charge >= 0.3 is 5.88 Å². The van der Waals surface area contributed by atoms with Gasteiger partial charge < -0.3 is 19.5 Å². The van der Waals surface area contributed by atoms with E-state index in [0.717, 1.165) is 6.07 Å². The first kappa shape index (κ1) is 17.2. The molecule has 1 aromatic carbocycles. The molecule has 9 nitrogen and oxygen atoms in total. The predicted octanol–water partition coefficient (Wildman–Crippen LogP) is 3.94. The molecule has 0 aliphatic carbocycles. The average molecular weight is 376 g/mol. The molecule has 10 heteroatoms. The molecule has 0 atom stereocenters. The average Bonchev–Trinajstić information content (AvgIpc) is 3.29. The second-order valence-corrected chi connectivity index (χ2v) is 5.41. The van der Waals surface area contributed by atoms with Crippen molar-refractivity contribution in [3.63, 3.8) is 0 Å². The quantitative estimate of drug-likeness (QED) is 0.513. The monoisotopic (exact) mass is 375 g/mol. The van der Waals surface area contributed by atoms with Crippen molar-refractivity contribution in [3.8, 4) is 0 Å². The minimum absolute atomic E-state index is 0.0731. The number of carbonyl (C=O) groups is 2. The highest BCUT2D eigenvalue weighted by atomic mass is 35.5. The van der Waals surface area contributed by atoms with Crippen LogP contribution in [0.1, 0.15) is 21.1 Å². The third kappa shape index (κ3) is 3.73. The zero-order valence-electron chi connectivity index (χ0n) is 12.9. The van der Waals surface area contributed by atoms with Crippen LogP contribution in [0.4, 0.5) is 17.3 Å². The van der Waals surface area contributed by atoms with Crippen LogP contribution in [-0.2, 0) is 0 Å². The Balaban J connectivity index is 1.81. The molecule has 0 spiro atoms. The van der Waals surface area contributed by atoms with Crippen LogP contribution in [0, 0.1) is 10.1 Å². The molecule has 2 aromatic heterocycles. The molecule has 2 amide bonds. The third-order valence-corrected chi connectivity index (χ3v) is 3.45. The Kier molecular flexibility index (Phi) is 4.72. The number of hydrogen-bond acceptors (Lipinski definition) is 6. The van der Waals surface area contributed by atoms with Crippen molar-refractivity contribution in [1.29, 1.82) is 0 Å². The van der Waals surface area contributed by atoms with E-state index in [4.69, 9.17) is 20.4 Å². The highest BCUT2D eigenvalue weighted by Crippen LogP contribution is 2.27. The molecule has 0 fully saturated rings. The van der Waals surface area contributed by atoms with E-state index in [1.54, 1.807) is 6.07 Å². The maximum Gasteiger partial charge on any atom is 0.433 e. The molecule has 0 aliphatic heterocycles. The normalized spacial score (nSPS) is 10.3. The van der Waals surface area contributed by atoms with Gasteiger partial charge in [0, 0.05) is 5.02 Å². The van der Waals surface area contributed by atoms with E-state index < -0.39 is 22.6 Å². The number of nitrogens with one attached hydrogen (secondary N) is 2. The highest BCUT2D eigenvalue weighted by Gasteiger charge is 2.19. The van der Waals surface area contributed by atoms with Crippen LogP contribution in [0.5, 0.6) is 0 Å². The third-order valence-electron chi connectivity index (χ3n) is 3.22. The highest BCUT2D eigenvalue weighted by molar-refractivity contribution is 6.31. The molecular weight excluding hydrogens is 366 g/mol. The Morgan fingerprint density at radius 2 is 1.73 bits per heavy atom. The summed E-state index contributed by atoms with van der Waals surface area (Å²) in [6.07, 6.45) is 1.35. The molecule has 26 heavy (non-hydrogen) atoms. The van der Waals surface area contributed by atoms with Crippen molar-refractivity contribution < 1.29 is 23.3 Å². The van der Waals surface area contributed by atoms with Gasteiger partial charge in [-0.25, -0.2) is 0 Å². The maximum atomic E-state index is 12.2. The van der Waals surface area contributed by atoms with Crippen molar-refractivity contribution in [3.05, 3.63) is 75.4 Å². The molecule has 2 heterocycles. The molecule has 132 valence electrons. The number of anilines is 2. The molecule has 0 radical (unpaired) electrons. The van der Waals surface area contributed by atoms with Crippen molar-refractivity contribution in [2.75, 3.05) is 10.6 Å². The van der Waals surface area contributed by atoms with E-state index in [-0.39, 0.29) is 22.9 Å². The molecule has 2 N–H and O–H groups in total. The summed E-state index contributed by atoms with van der Waals surface area (Å²) >= 11 is 5.94. The van der Waals surface area contributed by atoms with Crippen LogP contribution in [-0.4, -0.2) is 16.7 Å². The summed E-state index contributed by atoms with van der Waals surface area (Å²) in [5.74, 6) is -2.01. The lowest BCUT2D eigenvalue weighted by atomic mass is 10.2. The summed E-state index contributed by atoms with van der Waals surface area (Å²) in [4.78, 5) is 34.2. The van der Waals surface area contributed by atoms with E-state index in [9.17, 15) is 19.7 Å². The number of halogens is 1. The van der Waals surface area contributed by atoms with E-state index in [2.05, 4.69) is 10.6 Å². The fourth-order valence-corrected chi connectivity index (χ4v) is 2.22. The van der Waals surface area contributed by atoms with Gasteiger partial charge in [-0.3, -0.25) is 19.7 Å². The molecule has 3 aromatic rings. The van der Waals surface area contributed by atoms with E-state index in [0.29, 0.717) is 5.02 Å². The van der Waals surface area contributed by atoms with Crippen LogP contribution < -0.4 is 10.6 Å². The summed E-state index contributed by atoms with van der Waals surface area (Å²) in [5, 5.41) is 16.0. The summed E-state index contributed by atoms with van der Waals surface area (Å²) < 4.78 is 9.85. The van der Waals surface area contributed by atoms with E-state index in [1.165, 1.54) is 36.6 Å². The standard InChI is InChI=1S/C16H10ClN3O6/c17-9-3-4-10(11(8-9)19-15(21)12-2-1-7-25-12)18-16(22)13-5-6-14(26-13)20(23)24/h1-8H,(H,18,22)(H,19,21). The zero-order valence-corrected chi connectivity index (χ0v) is 13.6. The zero-order chi connectivity index (χ0) is 18.7. The lowest BCUT2D eigenvalue weighted by Crippen LogP contribution is -2.16. The Hall–Kier alpha value is -3.59. The number of furan rings is 2. The molecule has 0 unspecified atom stereocenters. The SMILES string of the molecule is O=C(Nc1cc(Cl)ccc1NC(=O)c1ccc([N+](=O)[O-])o1)c1ccco1. The lowest BCUT2D eigenvalue weighted by Gasteiger charge is -2.11. The topological polar surface area (TPSA) is 128 Å². The Morgan fingerprint density at radius 1 is 1.00 bits per heavy atom. The van der Waals surface area contributed by atoms with Gasteiger partial charge in [0.05, 0.1) is 23.7 Å². The minimum atomic E-state index is -0.756. The van der Waals surface area contributed by atoms with Crippen LogP contribution in [0.15, 0.2) is 57.6 Å². The van der Waals surface area contributed by atoms with E-state index >= 15 is 0 Å². The van der Waals surface area contributed by atoms with Gasteiger partial charge in [-0.15, -0.1) is 0 Å². The van der Waals surface area contributed by atoms with Crippen molar-refractivity contribution in [2.24, 2.45) is 0 Å². The maximum absolute atomic E-state index is 12.2. The largest absolute Gasteiger partial charge is 0.459 e. The van der Waals surface area contributed by atoms with Crippen LogP contribution in [0.3, 0.4) is 0 Å². The van der Waals surface area contributed by atoms with Gasteiger partial charge in [-0.05, 0) is 36.4 Å². The molecular formula is C16H10ClN3O6. The first-order valence-corrected chi connectivity index (χ1v) is 7.52. The van der Waals surface area contributed by atoms with E-state index in [1.807, 2.05) is 0 Å². The minimum Gasteiger partial charge on any atom is -0.459 e. The second-order valence-electron chi connectivity index (χ2n) is 4.97. The van der Waals surface area contributed by atoms with Gasteiger partial charge in [0.25, 0.3) is 11.8 Å². The number of nitrogens with zero attached hydrogens (tertiary/aromatic N) is 1. The second kappa shape index (κ2) is 7.11. The molecule has 0 aliphatic rings. The lowest BCUT2D eigenvalue weighted by molar-refractivity contribution is -0.402. The predicted molar refractivity (Wildman–Crippen MR) is 91.4 cm³/mol. The fraction of sp³-hybridized carbons (Fsp3) is 0. The first-order chi connectivity index (χ1) is 12.4. The molecule has 0 saturated heterocycles. The smallest absolute Gasteiger partial charge is 0.433 e. The summed E-state index contributed by atoms with van der Waals surface area (Å²) in [6.45, 7) is 0. The van der Waals surface area contributed by atoms with Gasteiger partial charge in [-0.2, -0.15) is 0 Å². The molecule has 0 bridgehead atoms. The summed E-state index contributed by atoms with van der Waals surface area (Å²) in [5.41, 5.74) is 0.437. The van der Waals surface area contributed by atoms with Crippen LogP contribution in [0.2, 0.25) is 5.02 Å². The van der Waals surface area contributed by atoms with Crippen molar-refractivity contribution in [1.82, 2.24) is 0 Å². The number of nitro groups is 1. The summed E-state index contributed by atoms with van der Waals surface area (Å²) in [7, 11) is 0. The number of hydrogen-bond donors (Lipinski definition) is 2. The van der Waals surface area contributed by atoms with Gasteiger partial charge in [-0.1, -0.05) is 11.6 Å². The Morgan fingerprint density at radius 3 is 2.38 bits per heavy atom. The fourth-order valence-electron chi connectivity index (χ4n) is 2.05. The van der Waals surface area contributed by atoms with Gasteiger partial charge in [0.15, 0.2) is 11.5 Å². The first-order valence-electron chi connectivity index (χ1n) is 7.14. The molecule has 3 rings (SSSR count). The van der Waals surface area contributed by atoms with Crippen LogP contribution in [0.25, 0.3) is 0 Å². The Bertz CT molecular complexity index is 980. The van der Waals surface area contributed by atoms with Crippen molar-refractivity contribution in [2.45, 2.75) is 0 Å². The number of carbonyl (C=O) groups excluding carboxylic acids is 2. The Labute approximate surface area is 150 Å². The molecule has 0 saturated carbocycles. The number of benzene rings is 1. The number of rotatable bonds is 5. The number of amides is 2. The van der Waals surface area contributed by atoms with Gasteiger partial charge in [0.1, 0.15) is 4.92 Å².